The maximum atomic E-state index is 12.7. The molecule has 1 aliphatic rings. The number of hydrogen-bond donors (Lipinski definition) is 2. The van der Waals surface area contributed by atoms with E-state index >= 15 is 0 Å². The molecule has 2 N–H and O–H groups in total. The molecule has 0 unspecified atom stereocenters. The van der Waals surface area contributed by atoms with Crippen LogP contribution in [0, 0.1) is 0 Å². The average molecular weight is 412 g/mol. The van der Waals surface area contributed by atoms with Gasteiger partial charge in [0.05, 0.1) is 11.0 Å². The summed E-state index contributed by atoms with van der Waals surface area (Å²) >= 11 is 0. The van der Waals surface area contributed by atoms with Gasteiger partial charge in [0.1, 0.15) is 17.3 Å². The van der Waals surface area contributed by atoms with E-state index in [4.69, 9.17) is 9.72 Å². The number of urea groups is 1. The van der Waals surface area contributed by atoms with Crippen molar-refractivity contribution in [3.8, 4) is 11.5 Å². The van der Waals surface area contributed by atoms with Crippen LogP contribution in [0.1, 0.15) is 24.6 Å². The maximum Gasteiger partial charge on any atom is 0.321 e. The van der Waals surface area contributed by atoms with E-state index in [-0.39, 0.29) is 6.03 Å². The molecule has 6 heteroatoms. The number of piperidine rings is 1. The highest BCUT2D eigenvalue weighted by atomic mass is 16.5. The van der Waals surface area contributed by atoms with Gasteiger partial charge in [-0.05, 0) is 61.4 Å². The maximum absolute atomic E-state index is 12.7. The quantitative estimate of drug-likeness (QED) is 0.447. The minimum Gasteiger partial charge on any atom is -0.457 e. The molecule has 0 saturated carbocycles. The Kier molecular flexibility index (Phi) is 5.27. The summed E-state index contributed by atoms with van der Waals surface area (Å²) in [5, 5.41) is 2.99. The highest BCUT2D eigenvalue weighted by Gasteiger charge is 2.25. The number of H-pyrrole nitrogens is 1. The third-order valence-corrected chi connectivity index (χ3v) is 5.66. The van der Waals surface area contributed by atoms with E-state index in [0.717, 1.165) is 46.9 Å². The number of para-hydroxylation sites is 3. The molecule has 156 valence electrons. The normalized spacial score (nSPS) is 14.5. The number of nitrogens with one attached hydrogen (secondary N) is 2. The first-order chi connectivity index (χ1) is 15.2. The van der Waals surface area contributed by atoms with Crippen molar-refractivity contribution in [1.82, 2.24) is 14.9 Å². The second-order valence-corrected chi connectivity index (χ2v) is 7.77. The highest BCUT2D eigenvalue weighted by Crippen LogP contribution is 2.28. The van der Waals surface area contributed by atoms with Gasteiger partial charge in [0.15, 0.2) is 0 Å². The average Bonchev–Trinajstić information content (AvgIpc) is 3.25. The Labute approximate surface area is 180 Å². The van der Waals surface area contributed by atoms with Gasteiger partial charge < -0.3 is 19.9 Å². The lowest BCUT2D eigenvalue weighted by Gasteiger charge is -2.31. The summed E-state index contributed by atoms with van der Waals surface area (Å²) in [4.78, 5) is 22.7. The molecule has 2 heterocycles. The summed E-state index contributed by atoms with van der Waals surface area (Å²) in [5.41, 5.74) is 2.82. The van der Waals surface area contributed by atoms with Crippen molar-refractivity contribution in [2.75, 3.05) is 18.4 Å². The van der Waals surface area contributed by atoms with Crippen LogP contribution < -0.4 is 10.1 Å². The van der Waals surface area contributed by atoms with Gasteiger partial charge in [0.2, 0.25) is 0 Å². The number of amides is 2. The first-order valence-corrected chi connectivity index (χ1v) is 10.6. The van der Waals surface area contributed by atoms with Crippen molar-refractivity contribution in [3.63, 3.8) is 0 Å². The number of anilines is 1. The third kappa shape index (κ3) is 4.38. The van der Waals surface area contributed by atoms with E-state index in [1.54, 1.807) is 0 Å². The first kappa shape index (κ1) is 19.2. The van der Waals surface area contributed by atoms with Crippen LogP contribution in [0.4, 0.5) is 10.5 Å². The van der Waals surface area contributed by atoms with Crippen LogP contribution in [0.2, 0.25) is 0 Å². The monoisotopic (exact) mass is 412 g/mol. The number of aromatic amines is 1. The van der Waals surface area contributed by atoms with E-state index in [1.165, 1.54) is 0 Å². The smallest absolute Gasteiger partial charge is 0.321 e. The second kappa shape index (κ2) is 8.52. The summed E-state index contributed by atoms with van der Waals surface area (Å²) in [7, 11) is 0. The fourth-order valence-corrected chi connectivity index (χ4v) is 3.96. The second-order valence-electron chi connectivity index (χ2n) is 7.77. The lowest BCUT2D eigenvalue weighted by molar-refractivity contribution is 0.193. The molecule has 5 rings (SSSR count). The van der Waals surface area contributed by atoms with Gasteiger partial charge in [0, 0.05) is 24.7 Å². The Balaban J connectivity index is 1.15. The Morgan fingerprint density at radius 3 is 2.32 bits per heavy atom. The van der Waals surface area contributed by atoms with Crippen molar-refractivity contribution in [1.29, 1.82) is 0 Å². The van der Waals surface area contributed by atoms with Gasteiger partial charge in [-0.2, -0.15) is 0 Å². The number of carbonyl (C=O) groups excluding carboxylic acids is 1. The Hall–Kier alpha value is -3.80. The number of rotatable bonds is 4. The van der Waals surface area contributed by atoms with E-state index in [9.17, 15) is 4.79 Å². The van der Waals surface area contributed by atoms with Crippen LogP contribution in [0.3, 0.4) is 0 Å². The predicted octanol–water partition coefficient (Wildman–Crippen LogP) is 5.77. The van der Waals surface area contributed by atoms with E-state index in [2.05, 4.69) is 10.3 Å². The number of benzene rings is 3. The zero-order chi connectivity index (χ0) is 21.0. The van der Waals surface area contributed by atoms with E-state index < -0.39 is 0 Å². The fraction of sp³-hybridized carbons (Fsp3) is 0.200. The van der Waals surface area contributed by atoms with E-state index in [1.807, 2.05) is 83.8 Å². The van der Waals surface area contributed by atoms with Gasteiger partial charge in [-0.25, -0.2) is 9.78 Å². The largest absolute Gasteiger partial charge is 0.457 e. The number of fused-ring (bicyclic) bond motifs is 1. The number of imidazole rings is 1. The molecular formula is C25H24N4O2. The Morgan fingerprint density at radius 1 is 0.903 bits per heavy atom. The fourth-order valence-electron chi connectivity index (χ4n) is 3.96. The summed E-state index contributed by atoms with van der Waals surface area (Å²) in [6, 6.07) is 25.1. The number of aromatic nitrogens is 2. The van der Waals surface area contributed by atoms with E-state index in [0.29, 0.717) is 19.0 Å². The van der Waals surface area contributed by atoms with Crippen molar-refractivity contribution in [2.24, 2.45) is 0 Å². The third-order valence-electron chi connectivity index (χ3n) is 5.66. The molecule has 1 aromatic heterocycles. The van der Waals surface area contributed by atoms with Gasteiger partial charge in [-0.3, -0.25) is 0 Å². The zero-order valence-corrected chi connectivity index (χ0v) is 17.1. The molecule has 1 fully saturated rings. The van der Waals surface area contributed by atoms with Crippen molar-refractivity contribution in [2.45, 2.75) is 18.8 Å². The molecule has 0 radical (unpaired) electrons. The molecule has 3 aromatic carbocycles. The van der Waals surface area contributed by atoms with Crippen molar-refractivity contribution in [3.05, 3.63) is 84.7 Å². The van der Waals surface area contributed by atoms with Crippen LogP contribution >= 0.6 is 0 Å². The minimum atomic E-state index is -0.0696. The molecule has 0 atom stereocenters. The summed E-state index contributed by atoms with van der Waals surface area (Å²) in [6.45, 7) is 1.42. The Morgan fingerprint density at radius 2 is 1.58 bits per heavy atom. The minimum absolute atomic E-state index is 0.0696. The summed E-state index contributed by atoms with van der Waals surface area (Å²) in [6.07, 6.45) is 1.80. The van der Waals surface area contributed by atoms with Crippen molar-refractivity contribution >= 4 is 22.8 Å². The number of likely N-dealkylation sites (tertiary alicyclic amines) is 1. The molecule has 0 aliphatic carbocycles. The number of nitrogens with zero attached hydrogens (tertiary/aromatic N) is 2. The molecule has 0 spiro atoms. The lowest BCUT2D eigenvalue weighted by atomic mass is 9.96. The lowest BCUT2D eigenvalue weighted by Crippen LogP contribution is -2.40. The summed E-state index contributed by atoms with van der Waals surface area (Å²) in [5.74, 6) is 2.89. The zero-order valence-electron chi connectivity index (χ0n) is 17.1. The van der Waals surface area contributed by atoms with Gasteiger partial charge in [-0.15, -0.1) is 0 Å². The topological polar surface area (TPSA) is 70.2 Å². The molecule has 6 nitrogen and oxygen atoms in total. The van der Waals surface area contributed by atoms with Gasteiger partial charge in [-0.1, -0.05) is 30.3 Å². The first-order valence-electron chi connectivity index (χ1n) is 10.6. The van der Waals surface area contributed by atoms with Crippen LogP contribution in [0.5, 0.6) is 11.5 Å². The van der Waals surface area contributed by atoms with Crippen LogP contribution in [-0.4, -0.2) is 34.0 Å². The number of hydrogen-bond acceptors (Lipinski definition) is 3. The van der Waals surface area contributed by atoms with Gasteiger partial charge in [0.25, 0.3) is 0 Å². The van der Waals surface area contributed by atoms with Crippen LogP contribution in [0.25, 0.3) is 11.0 Å². The van der Waals surface area contributed by atoms with Crippen molar-refractivity contribution < 1.29 is 9.53 Å². The molecule has 2 amide bonds. The molecule has 31 heavy (non-hydrogen) atoms. The molecule has 1 aliphatic heterocycles. The molecular weight excluding hydrogens is 388 g/mol. The summed E-state index contributed by atoms with van der Waals surface area (Å²) < 4.78 is 5.80. The Bertz CT molecular complexity index is 1130. The van der Waals surface area contributed by atoms with Crippen LogP contribution in [-0.2, 0) is 0 Å². The number of carbonyl (C=O) groups is 1. The SMILES string of the molecule is O=C(Nc1ccc(Oc2ccccc2)cc1)N1CCC(c2nc3ccccc3[nH]2)CC1. The highest BCUT2D eigenvalue weighted by molar-refractivity contribution is 5.89. The molecule has 1 saturated heterocycles. The number of ether oxygens (including phenoxy) is 1. The molecule has 0 bridgehead atoms. The van der Waals surface area contributed by atoms with Gasteiger partial charge >= 0.3 is 6.03 Å². The van der Waals surface area contributed by atoms with Crippen LogP contribution in [0.15, 0.2) is 78.9 Å². The molecule has 4 aromatic rings. The predicted molar refractivity (Wildman–Crippen MR) is 122 cm³/mol. The standard InChI is InChI=1S/C25H24N4O2/c30-25(26-19-10-12-21(13-11-19)31-20-6-2-1-3-7-20)29-16-14-18(15-17-29)24-27-22-8-4-5-9-23(22)28-24/h1-13,18H,14-17H2,(H,26,30)(H,27,28).